The highest BCUT2D eigenvalue weighted by atomic mass is 35.5. The average Bonchev–Trinajstić information content (AvgIpc) is 2.49. The van der Waals surface area contributed by atoms with E-state index >= 15 is 0 Å². The van der Waals surface area contributed by atoms with Crippen LogP contribution in [0, 0.1) is 17.5 Å². The van der Waals surface area contributed by atoms with Crippen molar-refractivity contribution >= 4 is 23.4 Å². The lowest BCUT2D eigenvalue weighted by atomic mass is 10.0. The molecule has 1 rings (SSSR count). The number of rotatable bonds is 6. The molecule has 4 nitrogen and oxygen atoms in total. The van der Waals surface area contributed by atoms with Gasteiger partial charge in [-0.25, -0.2) is 18.0 Å². The normalized spacial score (nSPS) is 11.3. The second-order valence-corrected chi connectivity index (χ2v) is 4.39. The number of carbonyl (C=O) groups excluding carboxylic acids is 2. The Morgan fingerprint density at radius 1 is 1.27 bits per heavy atom. The van der Waals surface area contributed by atoms with Crippen LogP contribution in [0.3, 0.4) is 0 Å². The van der Waals surface area contributed by atoms with Gasteiger partial charge < -0.3 is 10.1 Å². The summed E-state index contributed by atoms with van der Waals surface area (Å²) in [5.41, 5.74) is -1.41. The number of halogens is 4. The fourth-order valence-electron chi connectivity index (χ4n) is 1.51. The fraction of sp³-hybridized carbons (Fsp3) is 0.286. The van der Waals surface area contributed by atoms with Gasteiger partial charge in [0, 0.05) is 12.7 Å². The largest absolute Gasteiger partial charge is 0.462 e. The van der Waals surface area contributed by atoms with E-state index in [2.05, 4.69) is 10.1 Å². The van der Waals surface area contributed by atoms with Gasteiger partial charge in [-0.1, -0.05) is 11.6 Å². The summed E-state index contributed by atoms with van der Waals surface area (Å²) < 4.78 is 45.0. The van der Waals surface area contributed by atoms with E-state index in [0.29, 0.717) is 12.6 Å². The zero-order chi connectivity index (χ0) is 16.9. The van der Waals surface area contributed by atoms with Gasteiger partial charge in [-0.15, -0.1) is 0 Å². The lowest BCUT2D eigenvalue weighted by Crippen LogP contribution is -2.21. The maximum atomic E-state index is 13.9. The molecule has 1 aromatic rings. The third kappa shape index (κ3) is 3.79. The molecule has 0 aliphatic rings. The van der Waals surface area contributed by atoms with E-state index in [4.69, 9.17) is 11.6 Å². The zero-order valence-corrected chi connectivity index (χ0v) is 12.6. The van der Waals surface area contributed by atoms with Crippen molar-refractivity contribution in [3.63, 3.8) is 0 Å². The molecule has 0 radical (unpaired) electrons. The minimum Gasteiger partial charge on any atom is -0.462 e. The number of ether oxygens (including phenoxy) is 1. The lowest BCUT2D eigenvalue weighted by Gasteiger charge is -2.09. The Balaban J connectivity index is 3.34. The van der Waals surface area contributed by atoms with Crippen molar-refractivity contribution in [1.82, 2.24) is 5.32 Å². The first-order valence-corrected chi connectivity index (χ1v) is 6.71. The molecule has 0 saturated carbocycles. The fourth-order valence-corrected chi connectivity index (χ4v) is 1.71. The maximum absolute atomic E-state index is 13.9. The highest BCUT2D eigenvalue weighted by molar-refractivity contribution is 6.32. The molecular formula is C14H13ClF3NO3. The SMILES string of the molecule is CCN/C=C(\C(=O)OCC)C(=O)c1cc(F)c(F)c(Cl)c1F. The second-order valence-electron chi connectivity index (χ2n) is 4.01. The number of hydrogen-bond acceptors (Lipinski definition) is 4. The predicted molar refractivity (Wildman–Crippen MR) is 74.0 cm³/mol. The summed E-state index contributed by atoms with van der Waals surface area (Å²) in [5, 5.41) is 1.43. The van der Waals surface area contributed by atoms with Crippen molar-refractivity contribution in [3.8, 4) is 0 Å². The molecule has 120 valence electrons. The topological polar surface area (TPSA) is 55.4 Å². The van der Waals surface area contributed by atoms with E-state index in [-0.39, 0.29) is 6.61 Å². The number of Topliss-reactive ketones (excluding diaryl/α,β-unsaturated/α-hetero) is 1. The summed E-state index contributed by atoms with van der Waals surface area (Å²) in [7, 11) is 0. The van der Waals surface area contributed by atoms with Gasteiger partial charge in [0.05, 0.1) is 12.2 Å². The first kappa shape index (κ1) is 18.0. The molecule has 0 spiro atoms. The summed E-state index contributed by atoms with van der Waals surface area (Å²) in [5.74, 6) is -6.74. The molecule has 0 unspecified atom stereocenters. The quantitative estimate of drug-likeness (QED) is 0.165. The van der Waals surface area contributed by atoms with Gasteiger partial charge in [-0.3, -0.25) is 4.79 Å². The number of esters is 1. The van der Waals surface area contributed by atoms with Crippen LogP contribution < -0.4 is 5.32 Å². The Morgan fingerprint density at radius 3 is 2.45 bits per heavy atom. The van der Waals surface area contributed by atoms with E-state index in [0.717, 1.165) is 6.20 Å². The van der Waals surface area contributed by atoms with Gasteiger partial charge in [-0.2, -0.15) is 0 Å². The number of ketones is 1. The van der Waals surface area contributed by atoms with Crippen molar-refractivity contribution in [2.24, 2.45) is 0 Å². The summed E-state index contributed by atoms with van der Waals surface area (Å²) >= 11 is 5.29. The minimum absolute atomic E-state index is 0.0173. The van der Waals surface area contributed by atoms with Crippen molar-refractivity contribution in [1.29, 1.82) is 0 Å². The molecule has 8 heteroatoms. The van der Waals surface area contributed by atoms with Crippen LogP contribution >= 0.6 is 11.6 Å². The Morgan fingerprint density at radius 2 is 1.91 bits per heavy atom. The van der Waals surface area contributed by atoms with Crippen LogP contribution in [0.2, 0.25) is 5.02 Å². The third-order valence-corrected chi connectivity index (χ3v) is 2.87. The highest BCUT2D eigenvalue weighted by Crippen LogP contribution is 2.26. The molecule has 0 aliphatic carbocycles. The number of hydrogen-bond donors (Lipinski definition) is 1. The molecule has 0 atom stereocenters. The Labute approximate surface area is 129 Å². The molecule has 0 amide bonds. The van der Waals surface area contributed by atoms with Gasteiger partial charge in [0.15, 0.2) is 17.5 Å². The van der Waals surface area contributed by atoms with Crippen LogP contribution in [-0.2, 0) is 9.53 Å². The smallest absolute Gasteiger partial charge is 0.343 e. The second kappa shape index (κ2) is 7.84. The van der Waals surface area contributed by atoms with Crippen LogP contribution in [0.4, 0.5) is 13.2 Å². The van der Waals surface area contributed by atoms with Gasteiger partial charge >= 0.3 is 5.97 Å². The van der Waals surface area contributed by atoms with E-state index in [9.17, 15) is 22.8 Å². The Bertz CT molecular complexity index is 632. The third-order valence-electron chi connectivity index (χ3n) is 2.54. The average molecular weight is 336 g/mol. The number of nitrogens with one attached hydrogen (secondary N) is 1. The van der Waals surface area contributed by atoms with Crippen molar-refractivity contribution < 1.29 is 27.5 Å². The van der Waals surface area contributed by atoms with Crippen molar-refractivity contribution in [2.45, 2.75) is 13.8 Å². The summed E-state index contributed by atoms with van der Waals surface area (Å²) in [6.45, 7) is 3.56. The zero-order valence-electron chi connectivity index (χ0n) is 11.8. The Kier molecular flexibility index (Phi) is 6.42. The first-order chi connectivity index (χ1) is 10.3. The number of carbonyl (C=O) groups is 2. The van der Waals surface area contributed by atoms with Crippen molar-refractivity contribution in [3.05, 3.63) is 45.9 Å². The summed E-state index contributed by atoms with van der Waals surface area (Å²) in [4.78, 5) is 23.9. The molecular weight excluding hydrogens is 323 g/mol. The van der Waals surface area contributed by atoms with Crippen LogP contribution in [0.25, 0.3) is 0 Å². The standard InChI is InChI=1S/C14H13ClF3NO3/c1-3-19-6-8(14(21)22-4-2)13(20)7-5-9(16)12(18)10(15)11(7)17/h5-6,19H,3-4H2,1-2H3/b8-6-. The predicted octanol–water partition coefficient (Wildman–Crippen LogP) is 3.00. The van der Waals surface area contributed by atoms with Gasteiger partial charge in [0.1, 0.15) is 10.6 Å². The molecule has 0 bridgehead atoms. The maximum Gasteiger partial charge on any atom is 0.343 e. The lowest BCUT2D eigenvalue weighted by molar-refractivity contribution is -0.138. The van der Waals surface area contributed by atoms with Crippen LogP contribution in [-0.4, -0.2) is 24.9 Å². The molecule has 0 aromatic heterocycles. The summed E-state index contributed by atoms with van der Waals surface area (Å²) in [6, 6.07) is 0.345. The van der Waals surface area contributed by atoms with E-state index < -0.39 is 45.4 Å². The molecule has 22 heavy (non-hydrogen) atoms. The van der Waals surface area contributed by atoms with Gasteiger partial charge in [0.25, 0.3) is 0 Å². The van der Waals surface area contributed by atoms with Crippen molar-refractivity contribution in [2.75, 3.05) is 13.2 Å². The molecule has 0 aliphatic heterocycles. The minimum atomic E-state index is -1.61. The molecule has 1 aromatic carbocycles. The van der Waals surface area contributed by atoms with E-state index in [1.807, 2.05) is 0 Å². The highest BCUT2D eigenvalue weighted by Gasteiger charge is 2.27. The van der Waals surface area contributed by atoms with Gasteiger partial charge in [0.2, 0.25) is 5.78 Å². The molecule has 0 heterocycles. The molecule has 1 N–H and O–H groups in total. The molecule has 0 saturated heterocycles. The van der Waals surface area contributed by atoms with Crippen LogP contribution in [0.5, 0.6) is 0 Å². The van der Waals surface area contributed by atoms with Crippen LogP contribution in [0.15, 0.2) is 17.8 Å². The van der Waals surface area contributed by atoms with Gasteiger partial charge in [-0.05, 0) is 19.9 Å². The monoisotopic (exact) mass is 335 g/mol. The Hall–Kier alpha value is -2.02. The van der Waals surface area contributed by atoms with E-state index in [1.54, 1.807) is 6.92 Å². The molecule has 0 fully saturated rings. The number of benzene rings is 1. The summed E-state index contributed by atoms with van der Waals surface area (Å²) in [6.07, 6.45) is 1.02. The van der Waals surface area contributed by atoms with E-state index in [1.165, 1.54) is 6.92 Å². The van der Waals surface area contributed by atoms with Crippen LogP contribution in [0.1, 0.15) is 24.2 Å². The first-order valence-electron chi connectivity index (χ1n) is 6.33.